The molecule has 0 bridgehead atoms. The Morgan fingerprint density at radius 3 is 2.78 bits per heavy atom. The van der Waals surface area contributed by atoms with Gasteiger partial charge in [0.2, 0.25) is 5.91 Å². The number of oxime groups is 1. The quantitative estimate of drug-likeness (QED) is 0.438. The molecule has 1 fully saturated rings. The molecule has 1 saturated heterocycles. The first kappa shape index (κ1) is 24.4. The monoisotopic (exact) mass is 549 g/mol. The van der Waals surface area contributed by atoms with E-state index in [1.54, 1.807) is 16.2 Å². The van der Waals surface area contributed by atoms with Gasteiger partial charge in [0, 0.05) is 42.4 Å². The fourth-order valence-electron chi connectivity index (χ4n) is 5.40. The lowest BCUT2D eigenvalue weighted by Gasteiger charge is -2.31. The number of nitrogens with zero attached hydrogens (tertiary/aromatic N) is 5. The zero-order valence-electron chi connectivity index (χ0n) is 19.7. The molecular weight excluding hydrogens is 527 g/mol. The van der Waals surface area contributed by atoms with Crippen molar-refractivity contribution in [2.45, 2.75) is 56.3 Å². The number of piperidine rings is 1. The van der Waals surface area contributed by atoms with Gasteiger partial charge in [-0.15, -0.1) is 11.3 Å². The lowest BCUT2D eigenvalue weighted by atomic mass is 9.90. The molecule has 1 aliphatic carbocycles. The van der Waals surface area contributed by atoms with Crippen LogP contribution in [0.3, 0.4) is 0 Å². The molecule has 2 aliphatic heterocycles. The summed E-state index contributed by atoms with van der Waals surface area (Å²) in [6, 6.07) is 9.09. The molecule has 0 unspecified atom stereocenters. The topological polar surface area (TPSA) is 72.6 Å². The minimum Gasteiger partial charge on any atom is -0.384 e. The second-order valence-corrected chi connectivity index (χ2v) is 11.0. The second kappa shape index (κ2) is 9.13. The molecule has 1 amide bonds. The number of likely N-dealkylation sites (tertiary alicyclic amines) is 1. The van der Waals surface area contributed by atoms with E-state index in [4.69, 9.17) is 21.4 Å². The summed E-state index contributed by atoms with van der Waals surface area (Å²) in [5.74, 6) is -0.103. The molecule has 3 aliphatic rings. The summed E-state index contributed by atoms with van der Waals surface area (Å²) in [6.45, 7) is 0.659. The summed E-state index contributed by atoms with van der Waals surface area (Å²) < 4.78 is 39.5. The number of thiazole rings is 1. The third-order valence-electron chi connectivity index (χ3n) is 7.41. The Kier molecular flexibility index (Phi) is 6.02. The number of hydrogen-bond acceptors (Lipinski definition) is 6. The van der Waals surface area contributed by atoms with Gasteiger partial charge in [0.25, 0.3) is 0 Å². The van der Waals surface area contributed by atoms with E-state index in [1.807, 2.05) is 11.4 Å². The number of rotatable bonds is 4. The summed E-state index contributed by atoms with van der Waals surface area (Å²) >= 11 is 7.45. The number of amides is 1. The van der Waals surface area contributed by atoms with E-state index >= 15 is 0 Å². The summed E-state index contributed by atoms with van der Waals surface area (Å²) in [6.07, 6.45) is -0.578. The zero-order valence-corrected chi connectivity index (χ0v) is 21.2. The van der Waals surface area contributed by atoms with Crippen molar-refractivity contribution in [3.63, 3.8) is 0 Å². The van der Waals surface area contributed by atoms with Crippen molar-refractivity contribution in [1.29, 1.82) is 0 Å². The molecule has 0 saturated carbocycles. The van der Waals surface area contributed by atoms with Gasteiger partial charge in [-0.05, 0) is 31.2 Å². The molecule has 1 aromatic carbocycles. The van der Waals surface area contributed by atoms with E-state index < -0.39 is 11.9 Å². The molecule has 3 aromatic rings. The average molecular weight is 550 g/mol. The normalized spacial score (nSPS) is 21.8. The third-order valence-corrected chi connectivity index (χ3v) is 8.72. The van der Waals surface area contributed by atoms with Gasteiger partial charge in [-0.2, -0.15) is 18.3 Å². The molecule has 1 atom stereocenters. The Bertz CT molecular complexity index is 1380. The van der Waals surface area contributed by atoms with E-state index in [-0.39, 0.29) is 29.1 Å². The van der Waals surface area contributed by atoms with Crippen LogP contribution in [0.25, 0.3) is 0 Å². The van der Waals surface area contributed by atoms with Gasteiger partial charge >= 0.3 is 6.18 Å². The van der Waals surface area contributed by atoms with Gasteiger partial charge in [0.1, 0.15) is 17.4 Å². The fraction of sp³-hybridized carbons (Fsp3) is 0.440. The van der Waals surface area contributed by atoms with E-state index in [0.29, 0.717) is 19.5 Å². The smallest absolute Gasteiger partial charge is 0.384 e. The van der Waals surface area contributed by atoms with Crippen molar-refractivity contribution in [1.82, 2.24) is 19.7 Å². The number of halogens is 4. The van der Waals surface area contributed by atoms with Crippen molar-refractivity contribution >= 4 is 34.6 Å². The van der Waals surface area contributed by atoms with Crippen LogP contribution in [0.5, 0.6) is 0 Å². The van der Waals surface area contributed by atoms with E-state index in [2.05, 4.69) is 28.5 Å². The fourth-order valence-corrected chi connectivity index (χ4v) is 6.60. The lowest BCUT2D eigenvalue weighted by molar-refractivity contribution is -0.142. The number of hydrogen-bond donors (Lipinski definition) is 0. The van der Waals surface area contributed by atoms with Crippen LogP contribution in [0.1, 0.15) is 59.1 Å². The van der Waals surface area contributed by atoms with E-state index in [9.17, 15) is 18.0 Å². The Morgan fingerprint density at radius 2 is 2.03 bits per heavy atom. The van der Waals surface area contributed by atoms with Gasteiger partial charge in [-0.25, -0.2) is 9.67 Å². The van der Waals surface area contributed by atoms with Crippen LogP contribution in [0, 0.1) is 0 Å². The van der Waals surface area contributed by atoms with Crippen molar-refractivity contribution in [2.75, 3.05) is 13.1 Å². The highest BCUT2D eigenvalue weighted by molar-refractivity contribution is 7.10. The number of aromatic nitrogens is 3. The largest absolute Gasteiger partial charge is 0.435 e. The predicted octanol–water partition coefficient (Wildman–Crippen LogP) is 5.38. The van der Waals surface area contributed by atoms with Crippen molar-refractivity contribution in [3.05, 3.63) is 68.4 Å². The van der Waals surface area contributed by atoms with Crippen LogP contribution in [0.2, 0.25) is 5.15 Å². The van der Waals surface area contributed by atoms with Crippen LogP contribution >= 0.6 is 22.9 Å². The highest BCUT2D eigenvalue weighted by atomic mass is 35.5. The maximum absolute atomic E-state index is 12.9. The summed E-state index contributed by atoms with van der Waals surface area (Å²) in [5.41, 5.74) is 2.74. The number of aryl methyl sites for hydroxylation is 1. The maximum atomic E-state index is 12.9. The first-order valence-corrected chi connectivity index (χ1v) is 13.4. The molecular formula is C25H23ClF3N5O2S. The molecule has 12 heteroatoms. The molecule has 6 rings (SSSR count). The highest BCUT2D eigenvalue weighted by Gasteiger charge is 2.46. The molecule has 1 spiro atoms. The van der Waals surface area contributed by atoms with Gasteiger partial charge in [0.15, 0.2) is 11.3 Å². The second-order valence-electron chi connectivity index (χ2n) is 9.69. The SMILES string of the molecule is O=C(Cn1nc(C(F)(F)F)cc1Cl)N1CCC(c2nc(C3=NO[C@]4(CCc5ccccc54)C3)cs2)CC1. The molecule has 7 nitrogen and oxygen atoms in total. The zero-order chi connectivity index (χ0) is 25.8. The van der Waals surface area contributed by atoms with Crippen molar-refractivity contribution in [3.8, 4) is 0 Å². The lowest BCUT2D eigenvalue weighted by Crippen LogP contribution is -2.40. The first-order chi connectivity index (χ1) is 17.7. The minimum absolute atomic E-state index is 0.206. The minimum atomic E-state index is -4.61. The van der Waals surface area contributed by atoms with Crippen molar-refractivity contribution < 1.29 is 22.8 Å². The summed E-state index contributed by atoms with van der Waals surface area (Å²) in [7, 11) is 0. The third kappa shape index (κ3) is 4.52. The van der Waals surface area contributed by atoms with Crippen LogP contribution in [0.4, 0.5) is 13.2 Å². The summed E-state index contributed by atoms with van der Waals surface area (Å²) in [5, 5.41) is 10.7. The van der Waals surface area contributed by atoms with Crippen molar-refractivity contribution in [2.24, 2.45) is 5.16 Å². The Hall–Kier alpha value is -2.92. The van der Waals surface area contributed by atoms with Crippen LogP contribution in [-0.2, 0) is 34.4 Å². The molecule has 4 heterocycles. The standard InChI is InChI=1S/C25H23ClF3N5O2S/c26-21-11-20(25(27,28)29)31-34(21)13-22(35)33-9-6-16(7-10-33)23-30-19(14-37-23)18-12-24(36-32-18)8-5-15-3-1-2-4-17(15)24/h1-4,11,14,16H,5-10,12-13H2/t24-/m1/s1. The van der Waals surface area contributed by atoms with Gasteiger partial charge in [-0.3, -0.25) is 4.79 Å². The number of fused-ring (bicyclic) bond motifs is 2. The van der Waals surface area contributed by atoms with Crippen LogP contribution in [-0.4, -0.2) is 44.4 Å². The average Bonchev–Trinajstić information content (AvgIpc) is 3.67. The molecule has 0 radical (unpaired) electrons. The van der Waals surface area contributed by atoms with Crippen LogP contribution < -0.4 is 0 Å². The highest BCUT2D eigenvalue weighted by Crippen LogP contribution is 2.46. The molecule has 0 N–H and O–H groups in total. The van der Waals surface area contributed by atoms with Gasteiger partial charge < -0.3 is 9.74 Å². The number of benzene rings is 1. The molecule has 194 valence electrons. The first-order valence-electron chi connectivity index (χ1n) is 12.1. The maximum Gasteiger partial charge on any atom is 0.435 e. The molecule has 37 heavy (non-hydrogen) atoms. The number of carbonyl (C=O) groups excluding carboxylic acids is 1. The molecule has 2 aromatic heterocycles. The van der Waals surface area contributed by atoms with Gasteiger partial charge in [0.05, 0.1) is 10.7 Å². The van der Waals surface area contributed by atoms with Crippen LogP contribution in [0.15, 0.2) is 40.9 Å². The predicted molar refractivity (Wildman–Crippen MR) is 132 cm³/mol. The Labute approximate surface area is 219 Å². The van der Waals surface area contributed by atoms with Gasteiger partial charge in [-0.1, -0.05) is 41.0 Å². The number of carbonyl (C=O) groups is 1. The van der Waals surface area contributed by atoms with E-state index in [1.165, 1.54) is 11.1 Å². The Balaban J connectivity index is 1.06. The summed E-state index contributed by atoms with van der Waals surface area (Å²) in [4.78, 5) is 25.2. The van der Waals surface area contributed by atoms with E-state index in [0.717, 1.165) is 52.8 Å². The number of alkyl halides is 3. The Morgan fingerprint density at radius 1 is 1.24 bits per heavy atom.